The van der Waals surface area contributed by atoms with Gasteiger partial charge in [-0.15, -0.1) is 0 Å². The number of aromatic hydroxyl groups is 2. The van der Waals surface area contributed by atoms with Crippen molar-refractivity contribution in [3.8, 4) is 11.5 Å². The number of phenols is 2. The summed E-state index contributed by atoms with van der Waals surface area (Å²) in [6, 6.07) is 4.27. The minimum Gasteiger partial charge on any atom is -0.508 e. The molecule has 1 fully saturated rings. The Kier molecular flexibility index (Phi) is 4.49. The maximum atomic E-state index is 11.1. The normalized spacial score (nSPS) is 23.6. The highest BCUT2D eigenvalue weighted by atomic mass is 16.4. The number of aliphatic carboxylic acids is 1. The molecule has 1 aromatic carbocycles. The lowest BCUT2D eigenvalue weighted by Gasteiger charge is -2.21. The van der Waals surface area contributed by atoms with E-state index in [0.717, 1.165) is 19.3 Å². The number of carboxylic acids is 1. The Hall–Kier alpha value is -1.75. The van der Waals surface area contributed by atoms with E-state index < -0.39 is 5.97 Å². The third kappa shape index (κ3) is 3.22. The summed E-state index contributed by atoms with van der Waals surface area (Å²) in [5.74, 6) is -0.622. The van der Waals surface area contributed by atoms with Gasteiger partial charge < -0.3 is 20.6 Å². The monoisotopic (exact) mass is 279 g/mol. The largest absolute Gasteiger partial charge is 0.508 e. The number of hydrogen-bond donors (Lipinski definition) is 4. The maximum Gasteiger partial charge on any atom is 0.306 e. The molecule has 1 aliphatic rings. The van der Waals surface area contributed by atoms with Gasteiger partial charge in [-0.2, -0.15) is 0 Å². The van der Waals surface area contributed by atoms with Crippen LogP contribution in [0.4, 0.5) is 0 Å². The molecule has 110 valence electrons. The highest BCUT2D eigenvalue weighted by molar-refractivity contribution is 5.70. The third-order valence-corrected chi connectivity index (χ3v) is 4.14. The molecule has 1 aliphatic carbocycles. The quantitative estimate of drug-likeness (QED) is 0.621. The van der Waals surface area contributed by atoms with E-state index in [1.54, 1.807) is 0 Å². The summed E-state index contributed by atoms with van der Waals surface area (Å²) in [5.41, 5.74) is 0.620. The van der Waals surface area contributed by atoms with Crippen LogP contribution < -0.4 is 5.32 Å². The number of phenolic OH excluding ortho intramolecular Hbond substituents is 2. The molecule has 20 heavy (non-hydrogen) atoms. The van der Waals surface area contributed by atoms with Gasteiger partial charge in [0.1, 0.15) is 11.5 Å². The lowest BCUT2D eigenvalue weighted by atomic mass is 9.95. The highest BCUT2D eigenvalue weighted by Crippen LogP contribution is 2.33. The van der Waals surface area contributed by atoms with Crippen molar-refractivity contribution < 1.29 is 20.1 Å². The van der Waals surface area contributed by atoms with Crippen molar-refractivity contribution in [3.63, 3.8) is 0 Å². The second-order valence-corrected chi connectivity index (χ2v) is 5.51. The fraction of sp³-hybridized carbons (Fsp3) is 0.533. The van der Waals surface area contributed by atoms with Crippen LogP contribution in [0.3, 0.4) is 0 Å². The van der Waals surface area contributed by atoms with E-state index in [1.807, 2.05) is 6.92 Å². The third-order valence-electron chi connectivity index (χ3n) is 4.14. The number of carbonyl (C=O) groups is 1. The van der Waals surface area contributed by atoms with E-state index in [-0.39, 0.29) is 29.4 Å². The van der Waals surface area contributed by atoms with Crippen LogP contribution in [0.5, 0.6) is 11.5 Å². The van der Waals surface area contributed by atoms with Crippen LogP contribution in [0.25, 0.3) is 0 Å². The van der Waals surface area contributed by atoms with E-state index >= 15 is 0 Å². The Morgan fingerprint density at radius 2 is 2.15 bits per heavy atom. The minimum absolute atomic E-state index is 0.107. The molecule has 3 unspecified atom stereocenters. The summed E-state index contributed by atoms with van der Waals surface area (Å²) in [6.07, 6.45) is 2.62. The number of carboxylic acid groups (broad SMARTS) is 1. The fourth-order valence-corrected chi connectivity index (χ4v) is 2.93. The number of hydrogen-bond acceptors (Lipinski definition) is 4. The van der Waals surface area contributed by atoms with E-state index in [2.05, 4.69) is 5.32 Å². The first-order valence-electron chi connectivity index (χ1n) is 6.97. The van der Waals surface area contributed by atoms with Crippen molar-refractivity contribution >= 4 is 5.97 Å². The molecule has 4 N–H and O–H groups in total. The van der Waals surface area contributed by atoms with E-state index in [1.165, 1.54) is 18.2 Å². The van der Waals surface area contributed by atoms with Crippen LogP contribution >= 0.6 is 0 Å². The van der Waals surface area contributed by atoms with Crippen molar-refractivity contribution in [2.24, 2.45) is 11.8 Å². The molecule has 0 bridgehead atoms. The Labute approximate surface area is 118 Å². The predicted molar refractivity (Wildman–Crippen MR) is 74.7 cm³/mol. The van der Waals surface area contributed by atoms with Gasteiger partial charge in [-0.25, -0.2) is 0 Å². The van der Waals surface area contributed by atoms with Crippen molar-refractivity contribution in [1.29, 1.82) is 0 Å². The van der Waals surface area contributed by atoms with Crippen molar-refractivity contribution in [2.75, 3.05) is 6.54 Å². The number of benzene rings is 1. The molecule has 0 radical (unpaired) electrons. The molecule has 3 atom stereocenters. The van der Waals surface area contributed by atoms with Crippen molar-refractivity contribution in [1.82, 2.24) is 5.32 Å². The molecule has 1 aromatic rings. The average Bonchev–Trinajstić information content (AvgIpc) is 2.87. The molecule has 0 saturated heterocycles. The predicted octanol–water partition coefficient (Wildman–Crippen LogP) is 2.25. The molecule has 0 spiro atoms. The molecule has 2 rings (SSSR count). The molecule has 0 heterocycles. The first kappa shape index (κ1) is 14.7. The molecule has 1 saturated carbocycles. The average molecular weight is 279 g/mol. The van der Waals surface area contributed by atoms with Gasteiger partial charge in [0, 0.05) is 11.6 Å². The van der Waals surface area contributed by atoms with Gasteiger partial charge in [0.15, 0.2) is 0 Å². The smallest absolute Gasteiger partial charge is 0.306 e. The summed E-state index contributed by atoms with van der Waals surface area (Å²) < 4.78 is 0. The summed E-state index contributed by atoms with van der Waals surface area (Å²) >= 11 is 0. The van der Waals surface area contributed by atoms with Crippen LogP contribution in [0, 0.1) is 11.8 Å². The molecule has 0 aromatic heterocycles. The second kappa shape index (κ2) is 6.13. The van der Waals surface area contributed by atoms with Crippen LogP contribution in [0.1, 0.15) is 37.8 Å². The SMILES string of the molecule is CC(NCC1CCCC1C(=O)O)c1cc(O)ccc1O. The fourth-order valence-electron chi connectivity index (χ4n) is 2.93. The van der Waals surface area contributed by atoms with Gasteiger partial charge in [-0.1, -0.05) is 6.42 Å². The summed E-state index contributed by atoms with van der Waals surface area (Å²) in [5, 5.41) is 31.7. The van der Waals surface area contributed by atoms with Gasteiger partial charge in [-0.3, -0.25) is 4.79 Å². The van der Waals surface area contributed by atoms with Gasteiger partial charge in [0.05, 0.1) is 5.92 Å². The van der Waals surface area contributed by atoms with Gasteiger partial charge in [0.25, 0.3) is 0 Å². The zero-order valence-corrected chi connectivity index (χ0v) is 11.5. The van der Waals surface area contributed by atoms with Crippen LogP contribution in [-0.2, 0) is 4.79 Å². The van der Waals surface area contributed by atoms with Gasteiger partial charge >= 0.3 is 5.97 Å². The van der Waals surface area contributed by atoms with Gasteiger partial charge in [-0.05, 0) is 50.4 Å². The van der Waals surface area contributed by atoms with Gasteiger partial charge in [0.2, 0.25) is 0 Å². The second-order valence-electron chi connectivity index (χ2n) is 5.51. The lowest BCUT2D eigenvalue weighted by Crippen LogP contribution is -2.30. The summed E-state index contributed by atoms with van der Waals surface area (Å²) in [6.45, 7) is 2.49. The zero-order chi connectivity index (χ0) is 14.7. The zero-order valence-electron chi connectivity index (χ0n) is 11.5. The molecule has 0 aliphatic heterocycles. The van der Waals surface area contributed by atoms with E-state index in [9.17, 15) is 15.0 Å². The Balaban J connectivity index is 1.96. The Morgan fingerprint density at radius 1 is 1.40 bits per heavy atom. The van der Waals surface area contributed by atoms with Crippen LogP contribution in [0.15, 0.2) is 18.2 Å². The highest BCUT2D eigenvalue weighted by Gasteiger charge is 2.32. The lowest BCUT2D eigenvalue weighted by molar-refractivity contribution is -0.142. The Morgan fingerprint density at radius 3 is 2.85 bits per heavy atom. The topological polar surface area (TPSA) is 89.8 Å². The Bertz CT molecular complexity index is 489. The molecular weight excluding hydrogens is 258 g/mol. The summed E-state index contributed by atoms with van der Waals surface area (Å²) in [4.78, 5) is 11.1. The first-order valence-corrected chi connectivity index (χ1v) is 6.97. The number of nitrogens with one attached hydrogen (secondary N) is 1. The molecule has 5 heteroatoms. The molecule has 0 amide bonds. The molecular formula is C15H21NO4. The number of rotatable bonds is 5. The van der Waals surface area contributed by atoms with Crippen LogP contribution in [0.2, 0.25) is 0 Å². The van der Waals surface area contributed by atoms with Crippen molar-refractivity contribution in [3.05, 3.63) is 23.8 Å². The minimum atomic E-state index is -0.720. The van der Waals surface area contributed by atoms with E-state index in [0.29, 0.717) is 12.1 Å². The van der Waals surface area contributed by atoms with Crippen molar-refractivity contribution in [2.45, 2.75) is 32.2 Å². The summed E-state index contributed by atoms with van der Waals surface area (Å²) in [7, 11) is 0. The molecule has 5 nitrogen and oxygen atoms in total. The standard InChI is InChI=1S/C15H21NO4/c1-9(13-7-11(17)5-6-14(13)18)16-8-10-3-2-4-12(10)15(19)20/h5-7,9-10,12,16-18H,2-4,8H2,1H3,(H,19,20). The first-order chi connectivity index (χ1) is 9.49. The van der Waals surface area contributed by atoms with E-state index in [4.69, 9.17) is 5.11 Å². The maximum absolute atomic E-state index is 11.1. The van der Waals surface area contributed by atoms with Crippen LogP contribution in [-0.4, -0.2) is 27.8 Å².